The van der Waals surface area contributed by atoms with Crippen molar-refractivity contribution in [2.75, 3.05) is 13.2 Å². The Balaban J connectivity index is 0. The van der Waals surface area contributed by atoms with Gasteiger partial charge in [-0.05, 0) is 19.9 Å². The minimum atomic E-state index is -1.23. The van der Waals surface area contributed by atoms with Crippen molar-refractivity contribution >= 4 is 9.28 Å². The van der Waals surface area contributed by atoms with Crippen molar-refractivity contribution in [3.05, 3.63) is 0 Å². The van der Waals surface area contributed by atoms with E-state index in [0.717, 1.165) is 19.3 Å². The van der Waals surface area contributed by atoms with Crippen LogP contribution in [0.25, 0.3) is 0 Å². The average molecular weight is 179 g/mol. The molecule has 3 nitrogen and oxygen atoms in total. The molecule has 0 radical (unpaired) electrons. The van der Waals surface area contributed by atoms with Gasteiger partial charge in [0.05, 0.1) is 0 Å². The van der Waals surface area contributed by atoms with Crippen molar-refractivity contribution in [2.24, 2.45) is 0 Å². The molecule has 0 aliphatic rings. The highest BCUT2D eigenvalue weighted by atomic mass is 28.3. The normalized spacial score (nSPS) is 9.82. The molecular formula is C7H21NO2Si. The van der Waals surface area contributed by atoms with Crippen molar-refractivity contribution in [3.8, 4) is 0 Å². The van der Waals surface area contributed by atoms with E-state index in [9.17, 15) is 0 Å². The summed E-state index contributed by atoms with van der Waals surface area (Å²) < 4.78 is 10.9. The first kappa shape index (κ1) is 13.7. The molecule has 0 heterocycles. The fourth-order valence-corrected chi connectivity index (χ4v) is 2.47. The summed E-state index contributed by atoms with van der Waals surface area (Å²) in [6.07, 6.45) is 1.18. The van der Waals surface area contributed by atoms with Crippen LogP contribution in [0.15, 0.2) is 0 Å². The third-order valence-corrected chi connectivity index (χ3v) is 3.69. The summed E-state index contributed by atoms with van der Waals surface area (Å²) in [6, 6.07) is 1.14. The van der Waals surface area contributed by atoms with E-state index in [-0.39, 0.29) is 6.15 Å². The fourth-order valence-electron chi connectivity index (χ4n) is 0.822. The highest BCUT2D eigenvalue weighted by molar-refractivity contribution is 6.44. The average Bonchev–Trinajstić information content (AvgIpc) is 1.90. The quantitative estimate of drug-likeness (QED) is 0.633. The summed E-state index contributed by atoms with van der Waals surface area (Å²) in [5, 5.41) is 0. The molecule has 0 aromatic rings. The molecular weight excluding hydrogens is 158 g/mol. The third-order valence-electron chi connectivity index (χ3n) is 1.23. The molecule has 0 rings (SSSR count). The zero-order valence-corrected chi connectivity index (χ0v) is 9.08. The molecule has 0 spiro atoms. The van der Waals surface area contributed by atoms with Crippen LogP contribution in [0.1, 0.15) is 27.2 Å². The van der Waals surface area contributed by atoms with Gasteiger partial charge >= 0.3 is 9.28 Å². The van der Waals surface area contributed by atoms with Gasteiger partial charge in [-0.15, -0.1) is 0 Å². The number of hydrogen-bond acceptors (Lipinski definition) is 3. The molecule has 3 N–H and O–H groups in total. The topological polar surface area (TPSA) is 53.5 Å². The van der Waals surface area contributed by atoms with Crippen LogP contribution in [0.5, 0.6) is 0 Å². The molecule has 0 aliphatic heterocycles. The lowest BCUT2D eigenvalue weighted by molar-refractivity contribution is 0.213. The summed E-state index contributed by atoms with van der Waals surface area (Å²) in [4.78, 5) is 0. The van der Waals surface area contributed by atoms with Crippen molar-refractivity contribution in [1.82, 2.24) is 6.15 Å². The molecule has 0 unspecified atom stereocenters. The first-order chi connectivity index (χ1) is 4.85. The SMILES string of the molecule is CCC[SiH](OCC)OCC.N. The summed E-state index contributed by atoms with van der Waals surface area (Å²) >= 11 is 0. The highest BCUT2D eigenvalue weighted by Crippen LogP contribution is 1.99. The largest absolute Gasteiger partial charge is 0.397 e. The lowest BCUT2D eigenvalue weighted by Crippen LogP contribution is -2.22. The maximum atomic E-state index is 5.44. The lowest BCUT2D eigenvalue weighted by atomic mass is 10.6. The van der Waals surface area contributed by atoms with Crippen LogP contribution in [-0.2, 0) is 8.85 Å². The van der Waals surface area contributed by atoms with Crippen LogP contribution in [0.4, 0.5) is 0 Å². The minimum absolute atomic E-state index is 0. The Kier molecular flexibility index (Phi) is 12.5. The van der Waals surface area contributed by atoms with Crippen LogP contribution in [0, 0.1) is 0 Å². The molecule has 11 heavy (non-hydrogen) atoms. The zero-order valence-electron chi connectivity index (χ0n) is 7.93. The second-order valence-corrected chi connectivity index (χ2v) is 4.23. The van der Waals surface area contributed by atoms with Gasteiger partial charge < -0.3 is 15.0 Å². The Morgan fingerprint density at radius 2 is 1.45 bits per heavy atom. The van der Waals surface area contributed by atoms with Crippen LogP contribution >= 0.6 is 0 Å². The van der Waals surface area contributed by atoms with E-state index in [0.29, 0.717) is 0 Å². The van der Waals surface area contributed by atoms with E-state index in [1.807, 2.05) is 13.8 Å². The van der Waals surface area contributed by atoms with Gasteiger partial charge in [-0.1, -0.05) is 13.3 Å². The van der Waals surface area contributed by atoms with Crippen LogP contribution < -0.4 is 6.15 Å². The molecule has 70 valence electrons. The van der Waals surface area contributed by atoms with Gasteiger partial charge in [-0.2, -0.15) is 0 Å². The smallest absolute Gasteiger partial charge is 0.321 e. The molecule has 0 atom stereocenters. The predicted octanol–water partition coefficient (Wildman–Crippen LogP) is 1.85. The van der Waals surface area contributed by atoms with Crippen molar-refractivity contribution in [2.45, 2.75) is 33.2 Å². The fraction of sp³-hybridized carbons (Fsp3) is 1.00. The van der Waals surface area contributed by atoms with Gasteiger partial charge in [0, 0.05) is 13.2 Å². The second-order valence-electron chi connectivity index (χ2n) is 2.13. The summed E-state index contributed by atoms with van der Waals surface area (Å²) in [6.45, 7) is 7.81. The molecule has 0 bridgehead atoms. The third kappa shape index (κ3) is 8.00. The van der Waals surface area contributed by atoms with Gasteiger partial charge in [0.1, 0.15) is 0 Å². The predicted molar refractivity (Wildman–Crippen MR) is 50.5 cm³/mol. The monoisotopic (exact) mass is 179 g/mol. The highest BCUT2D eigenvalue weighted by Gasteiger charge is 2.08. The Hall–Kier alpha value is 0.0969. The van der Waals surface area contributed by atoms with E-state index < -0.39 is 9.28 Å². The van der Waals surface area contributed by atoms with Gasteiger partial charge in [-0.3, -0.25) is 0 Å². The Morgan fingerprint density at radius 3 is 1.73 bits per heavy atom. The summed E-state index contributed by atoms with van der Waals surface area (Å²) in [5.74, 6) is 0. The van der Waals surface area contributed by atoms with Crippen molar-refractivity contribution in [1.29, 1.82) is 0 Å². The first-order valence-electron chi connectivity index (χ1n) is 4.08. The molecule has 0 saturated heterocycles. The minimum Gasteiger partial charge on any atom is -0.397 e. The standard InChI is InChI=1S/C7H18O2Si.H3N/c1-4-7-10(8-5-2)9-6-3;/h10H,4-7H2,1-3H3;1H3. The van der Waals surface area contributed by atoms with E-state index in [1.54, 1.807) is 0 Å². The van der Waals surface area contributed by atoms with E-state index >= 15 is 0 Å². The maximum Gasteiger partial charge on any atom is 0.321 e. The van der Waals surface area contributed by atoms with Crippen LogP contribution in [0.3, 0.4) is 0 Å². The summed E-state index contributed by atoms with van der Waals surface area (Å²) in [5.41, 5.74) is 0. The second kappa shape index (κ2) is 10.1. The molecule has 0 aliphatic carbocycles. The summed E-state index contributed by atoms with van der Waals surface area (Å²) in [7, 11) is -1.23. The lowest BCUT2D eigenvalue weighted by Gasteiger charge is -2.12. The molecule has 0 aromatic carbocycles. The van der Waals surface area contributed by atoms with Crippen LogP contribution in [-0.4, -0.2) is 22.5 Å². The molecule has 4 heteroatoms. The van der Waals surface area contributed by atoms with Crippen LogP contribution in [0.2, 0.25) is 6.04 Å². The van der Waals surface area contributed by atoms with E-state index in [2.05, 4.69) is 6.92 Å². The van der Waals surface area contributed by atoms with E-state index in [1.165, 1.54) is 6.42 Å². The molecule has 0 saturated carbocycles. The maximum absolute atomic E-state index is 5.44. The molecule has 0 fully saturated rings. The Bertz CT molecular complexity index is 59.2. The molecule has 0 amide bonds. The van der Waals surface area contributed by atoms with Crippen molar-refractivity contribution < 1.29 is 8.85 Å². The first-order valence-corrected chi connectivity index (χ1v) is 5.84. The molecule has 0 aromatic heterocycles. The van der Waals surface area contributed by atoms with Gasteiger partial charge in [0.25, 0.3) is 0 Å². The Morgan fingerprint density at radius 1 is 1.00 bits per heavy atom. The van der Waals surface area contributed by atoms with Gasteiger partial charge in [-0.25, -0.2) is 0 Å². The number of hydrogen-bond donors (Lipinski definition) is 1. The van der Waals surface area contributed by atoms with Gasteiger partial charge in [0.2, 0.25) is 0 Å². The number of rotatable bonds is 6. The Labute approximate surface area is 71.5 Å². The van der Waals surface area contributed by atoms with Crippen molar-refractivity contribution in [3.63, 3.8) is 0 Å². The zero-order chi connectivity index (χ0) is 7.82. The van der Waals surface area contributed by atoms with E-state index in [4.69, 9.17) is 8.85 Å². The van der Waals surface area contributed by atoms with Gasteiger partial charge in [0.15, 0.2) is 0 Å².